The molecule has 0 radical (unpaired) electrons. The lowest BCUT2D eigenvalue weighted by atomic mass is 9.95. The van der Waals surface area contributed by atoms with Crippen LogP contribution < -0.4 is 5.32 Å². The maximum atomic E-state index is 13.4. The van der Waals surface area contributed by atoms with Gasteiger partial charge in [-0.05, 0) is 70.9 Å². The molecule has 0 aromatic heterocycles. The predicted octanol–water partition coefficient (Wildman–Crippen LogP) is 4.34. The maximum Gasteiger partial charge on any atom is 0.137 e. The first-order valence-electron chi connectivity index (χ1n) is 5.91. The molecular formula is C15H14BrF2N. The van der Waals surface area contributed by atoms with Crippen molar-refractivity contribution in [1.82, 2.24) is 5.32 Å². The van der Waals surface area contributed by atoms with Crippen LogP contribution in [0.25, 0.3) is 0 Å². The molecule has 4 heteroatoms. The molecule has 1 unspecified atom stereocenters. The second-order valence-corrected chi connectivity index (χ2v) is 5.25. The quantitative estimate of drug-likeness (QED) is 0.884. The SMILES string of the molecule is CNC(c1ccc(F)c(Br)c1)c1cc(F)ccc1C. The largest absolute Gasteiger partial charge is 0.309 e. The molecule has 1 nitrogen and oxygen atoms in total. The Hall–Kier alpha value is -1.26. The van der Waals surface area contributed by atoms with E-state index in [1.54, 1.807) is 25.2 Å². The number of hydrogen-bond donors (Lipinski definition) is 1. The Labute approximate surface area is 119 Å². The molecule has 0 saturated heterocycles. The van der Waals surface area contributed by atoms with E-state index in [9.17, 15) is 8.78 Å². The molecular weight excluding hydrogens is 312 g/mol. The zero-order chi connectivity index (χ0) is 14.0. The van der Waals surface area contributed by atoms with Crippen LogP contribution in [-0.4, -0.2) is 7.05 Å². The molecule has 19 heavy (non-hydrogen) atoms. The first-order valence-corrected chi connectivity index (χ1v) is 6.70. The topological polar surface area (TPSA) is 12.0 Å². The van der Waals surface area contributed by atoms with Crippen molar-refractivity contribution >= 4 is 15.9 Å². The van der Waals surface area contributed by atoms with Gasteiger partial charge < -0.3 is 5.32 Å². The molecule has 0 amide bonds. The fourth-order valence-electron chi connectivity index (χ4n) is 2.12. The van der Waals surface area contributed by atoms with E-state index in [2.05, 4.69) is 21.2 Å². The molecule has 0 saturated carbocycles. The summed E-state index contributed by atoms with van der Waals surface area (Å²) in [5.41, 5.74) is 2.71. The van der Waals surface area contributed by atoms with Crippen LogP contribution in [0, 0.1) is 18.6 Å². The fraction of sp³-hybridized carbons (Fsp3) is 0.200. The summed E-state index contributed by atoms with van der Waals surface area (Å²) in [6, 6.07) is 9.32. The van der Waals surface area contributed by atoms with Crippen LogP contribution in [-0.2, 0) is 0 Å². The van der Waals surface area contributed by atoms with Gasteiger partial charge in [0.2, 0.25) is 0 Å². The second kappa shape index (κ2) is 5.80. The molecule has 0 aliphatic heterocycles. The third-order valence-corrected chi connectivity index (χ3v) is 3.73. The Kier molecular flexibility index (Phi) is 4.32. The van der Waals surface area contributed by atoms with Gasteiger partial charge in [0.05, 0.1) is 10.5 Å². The standard InChI is InChI=1S/C15H14BrF2N/c1-9-3-5-11(17)8-12(9)15(19-2)10-4-6-14(18)13(16)7-10/h3-8,15,19H,1-2H3. The molecule has 1 N–H and O–H groups in total. The zero-order valence-electron chi connectivity index (χ0n) is 10.7. The van der Waals surface area contributed by atoms with E-state index in [0.29, 0.717) is 4.47 Å². The smallest absolute Gasteiger partial charge is 0.137 e. The molecule has 2 rings (SSSR count). The lowest BCUT2D eigenvalue weighted by molar-refractivity contribution is 0.609. The van der Waals surface area contributed by atoms with Gasteiger partial charge in [-0.15, -0.1) is 0 Å². The fourth-order valence-corrected chi connectivity index (χ4v) is 2.51. The Morgan fingerprint density at radius 2 is 1.84 bits per heavy atom. The minimum Gasteiger partial charge on any atom is -0.309 e. The molecule has 0 aliphatic rings. The van der Waals surface area contributed by atoms with Crippen molar-refractivity contribution in [2.45, 2.75) is 13.0 Å². The third-order valence-electron chi connectivity index (χ3n) is 3.12. The molecule has 2 aromatic rings. The van der Waals surface area contributed by atoms with Crippen molar-refractivity contribution in [3.8, 4) is 0 Å². The van der Waals surface area contributed by atoms with Gasteiger partial charge in [-0.1, -0.05) is 12.1 Å². The first-order chi connectivity index (χ1) is 9.02. The van der Waals surface area contributed by atoms with Crippen molar-refractivity contribution in [2.75, 3.05) is 7.05 Å². The summed E-state index contributed by atoms with van der Waals surface area (Å²) in [6.45, 7) is 1.93. The number of aryl methyl sites for hydroxylation is 1. The molecule has 2 aromatic carbocycles. The molecule has 100 valence electrons. The van der Waals surface area contributed by atoms with Crippen LogP contribution in [0.2, 0.25) is 0 Å². The lowest BCUT2D eigenvalue weighted by Gasteiger charge is -2.20. The molecule has 0 fully saturated rings. The summed E-state index contributed by atoms with van der Waals surface area (Å²) in [4.78, 5) is 0. The summed E-state index contributed by atoms with van der Waals surface area (Å²) in [7, 11) is 1.80. The van der Waals surface area contributed by atoms with Crippen molar-refractivity contribution < 1.29 is 8.78 Å². The Morgan fingerprint density at radius 3 is 2.47 bits per heavy atom. The third kappa shape index (κ3) is 3.01. The first kappa shape index (κ1) is 14.2. The van der Waals surface area contributed by atoms with Crippen LogP contribution in [0.3, 0.4) is 0 Å². The summed E-state index contributed by atoms with van der Waals surface area (Å²) in [5.74, 6) is -0.586. The summed E-state index contributed by atoms with van der Waals surface area (Å²) in [5, 5.41) is 3.14. The minimum absolute atomic E-state index is 0.174. The highest BCUT2D eigenvalue weighted by Crippen LogP contribution is 2.28. The van der Waals surface area contributed by atoms with Crippen LogP contribution >= 0.6 is 15.9 Å². The van der Waals surface area contributed by atoms with Crippen LogP contribution in [0.15, 0.2) is 40.9 Å². The van der Waals surface area contributed by atoms with E-state index in [0.717, 1.165) is 16.7 Å². The van der Waals surface area contributed by atoms with Gasteiger partial charge in [-0.2, -0.15) is 0 Å². The monoisotopic (exact) mass is 325 g/mol. The summed E-state index contributed by atoms with van der Waals surface area (Å²) < 4.78 is 27.1. The van der Waals surface area contributed by atoms with Gasteiger partial charge in [0, 0.05) is 0 Å². The van der Waals surface area contributed by atoms with E-state index in [4.69, 9.17) is 0 Å². The number of nitrogens with one attached hydrogen (secondary N) is 1. The highest BCUT2D eigenvalue weighted by molar-refractivity contribution is 9.10. The van der Waals surface area contributed by atoms with Crippen molar-refractivity contribution in [2.24, 2.45) is 0 Å². The van der Waals surface area contributed by atoms with Gasteiger partial charge in [-0.3, -0.25) is 0 Å². The van der Waals surface area contributed by atoms with Gasteiger partial charge in [0.15, 0.2) is 0 Å². The van der Waals surface area contributed by atoms with Crippen LogP contribution in [0.1, 0.15) is 22.7 Å². The van der Waals surface area contributed by atoms with Gasteiger partial charge in [0.1, 0.15) is 11.6 Å². The molecule has 0 aliphatic carbocycles. The Bertz CT molecular complexity index is 599. The number of halogens is 3. The number of hydrogen-bond acceptors (Lipinski definition) is 1. The van der Waals surface area contributed by atoms with E-state index in [-0.39, 0.29) is 17.7 Å². The van der Waals surface area contributed by atoms with E-state index < -0.39 is 0 Å². The average molecular weight is 326 g/mol. The highest BCUT2D eigenvalue weighted by Gasteiger charge is 2.16. The highest BCUT2D eigenvalue weighted by atomic mass is 79.9. The average Bonchev–Trinajstić information content (AvgIpc) is 2.38. The van der Waals surface area contributed by atoms with Crippen LogP contribution in [0.5, 0.6) is 0 Å². The van der Waals surface area contributed by atoms with Crippen molar-refractivity contribution in [3.05, 3.63) is 69.2 Å². The van der Waals surface area contributed by atoms with Crippen molar-refractivity contribution in [1.29, 1.82) is 0 Å². The zero-order valence-corrected chi connectivity index (χ0v) is 12.3. The van der Waals surface area contributed by atoms with E-state index >= 15 is 0 Å². The van der Waals surface area contributed by atoms with Gasteiger partial charge >= 0.3 is 0 Å². The molecule has 0 heterocycles. The van der Waals surface area contributed by atoms with E-state index in [1.165, 1.54) is 18.2 Å². The minimum atomic E-state index is -0.311. The normalized spacial score (nSPS) is 12.5. The van der Waals surface area contributed by atoms with Crippen LogP contribution in [0.4, 0.5) is 8.78 Å². The summed E-state index contributed by atoms with van der Waals surface area (Å²) in [6.07, 6.45) is 0. The number of rotatable bonds is 3. The second-order valence-electron chi connectivity index (χ2n) is 4.40. The van der Waals surface area contributed by atoms with E-state index in [1.807, 2.05) is 6.92 Å². The lowest BCUT2D eigenvalue weighted by Crippen LogP contribution is -2.19. The maximum absolute atomic E-state index is 13.4. The molecule has 0 spiro atoms. The van der Waals surface area contributed by atoms with Gasteiger partial charge in [-0.25, -0.2) is 8.78 Å². The summed E-state index contributed by atoms with van der Waals surface area (Å²) >= 11 is 3.17. The molecule has 0 bridgehead atoms. The Balaban J connectivity index is 2.49. The molecule has 1 atom stereocenters. The van der Waals surface area contributed by atoms with Gasteiger partial charge in [0.25, 0.3) is 0 Å². The Morgan fingerprint density at radius 1 is 1.11 bits per heavy atom. The number of benzene rings is 2. The van der Waals surface area contributed by atoms with Crippen molar-refractivity contribution in [3.63, 3.8) is 0 Å². The predicted molar refractivity (Wildman–Crippen MR) is 76.1 cm³/mol.